The highest BCUT2D eigenvalue weighted by Gasteiger charge is 2.35. The SMILES string of the molecule is Cl.NCc1cc(C(F)(F)F)nn1-c1cccc(Cl)c1Cl. The maximum atomic E-state index is 12.6. The van der Waals surface area contributed by atoms with E-state index in [0.717, 1.165) is 10.7 Å². The van der Waals surface area contributed by atoms with Crippen LogP contribution in [0, 0.1) is 0 Å². The molecule has 0 aliphatic carbocycles. The topological polar surface area (TPSA) is 43.8 Å². The molecule has 0 saturated carbocycles. The van der Waals surface area contributed by atoms with E-state index in [1.54, 1.807) is 6.07 Å². The van der Waals surface area contributed by atoms with E-state index in [-0.39, 0.29) is 40.4 Å². The third-order valence-electron chi connectivity index (χ3n) is 2.44. The molecule has 1 aromatic carbocycles. The number of nitrogens with zero attached hydrogens (tertiary/aromatic N) is 2. The van der Waals surface area contributed by atoms with Crippen molar-refractivity contribution in [1.29, 1.82) is 0 Å². The van der Waals surface area contributed by atoms with Crippen molar-refractivity contribution in [2.45, 2.75) is 12.7 Å². The summed E-state index contributed by atoms with van der Waals surface area (Å²) in [6.45, 7) is -0.105. The summed E-state index contributed by atoms with van der Waals surface area (Å²) in [5.41, 5.74) is 4.85. The van der Waals surface area contributed by atoms with Crippen LogP contribution in [-0.2, 0) is 12.7 Å². The molecular formula is C11H9Cl3F3N3. The number of halogens is 6. The Bertz CT molecular complexity index is 611. The summed E-state index contributed by atoms with van der Waals surface area (Å²) in [5.74, 6) is 0. The smallest absolute Gasteiger partial charge is 0.325 e. The molecule has 2 aromatic rings. The van der Waals surface area contributed by atoms with Gasteiger partial charge in [0.2, 0.25) is 0 Å². The van der Waals surface area contributed by atoms with Crippen LogP contribution in [0.25, 0.3) is 5.69 Å². The molecule has 0 bridgehead atoms. The van der Waals surface area contributed by atoms with Crippen molar-refractivity contribution in [2.75, 3.05) is 0 Å². The normalized spacial score (nSPS) is 11.3. The maximum Gasteiger partial charge on any atom is 0.435 e. The second-order valence-electron chi connectivity index (χ2n) is 3.71. The van der Waals surface area contributed by atoms with Gasteiger partial charge in [-0.3, -0.25) is 0 Å². The summed E-state index contributed by atoms with van der Waals surface area (Å²) in [4.78, 5) is 0. The van der Waals surface area contributed by atoms with E-state index < -0.39 is 11.9 Å². The van der Waals surface area contributed by atoms with Gasteiger partial charge in [-0.2, -0.15) is 18.3 Å². The highest BCUT2D eigenvalue weighted by Crippen LogP contribution is 2.32. The molecule has 0 aliphatic heterocycles. The van der Waals surface area contributed by atoms with E-state index >= 15 is 0 Å². The van der Waals surface area contributed by atoms with Crippen LogP contribution in [0.15, 0.2) is 24.3 Å². The Morgan fingerprint density at radius 3 is 2.45 bits per heavy atom. The molecule has 2 rings (SSSR count). The molecule has 20 heavy (non-hydrogen) atoms. The average molecular weight is 347 g/mol. The molecule has 2 N–H and O–H groups in total. The first-order valence-electron chi connectivity index (χ1n) is 5.15. The Morgan fingerprint density at radius 2 is 1.90 bits per heavy atom. The van der Waals surface area contributed by atoms with E-state index in [4.69, 9.17) is 28.9 Å². The quantitative estimate of drug-likeness (QED) is 0.890. The fourth-order valence-corrected chi connectivity index (χ4v) is 1.94. The predicted molar refractivity (Wildman–Crippen MR) is 73.7 cm³/mol. The van der Waals surface area contributed by atoms with Gasteiger partial charge in [-0.05, 0) is 18.2 Å². The van der Waals surface area contributed by atoms with Gasteiger partial charge < -0.3 is 5.73 Å². The fourth-order valence-electron chi connectivity index (χ4n) is 1.57. The highest BCUT2D eigenvalue weighted by molar-refractivity contribution is 6.43. The van der Waals surface area contributed by atoms with Gasteiger partial charge in [0.05, 0.1) is 21.4 Å². The van der Waals surface area contributed by atoms with Gasteiger partial charge in [0.25, 0.3) is 0 Å². The number of nitrogens with two attached hydrogens (primary N) is 1. The predicted octanol–water partition coefficient (Wildman–Crippen LogP) is 4.08. The summed E-state index contributed by atoms with van der Waals surface area (Å²) in [6, 6.07) is 5.50. The Hall–Kier alpha value is -0.950. The summed E-state index contributed by atoms with van der Waals surface area (Å²) in [5, 5.41) is 3.84. The van der Waals surface area contributed by atoms with Crippen LogP contribution in [0.5, 0.6) is 0 Å². The van der Waals surface area contributed by atoms with Crippen molar-refractivity contribution in [3.05, 3.63) is 45.7 Å². The molecule has 0 amide bonds. The molecule has 0 unspecified atom stereocenters. The van der Waals surface area contributed by atoms with Gasteiger partial charge in [0.1, 0.15) is 0 Å². The van der Waals surface area contributed by atoms with Gasteiger partial charge in [-0.25, -0.2) is 4.68 Å². The van der Waals surface area contributed by atoms with Crippen LogP contribution in [0.1, 0.15) is 11.4 Å². The zero-order valence-corrected chi connectivity index (χ0v) is 12.1. The van der Waals surface area contributed by atoms with Crippen LogP contribution in [0.3, 0.4) is 0 Å². The first-order chi connectivity index (χ1) is 8.84. The second kappa shape index (κ2) is 6.22. The molecule has 0 fully saturated rings. The molecule has 0 radical (unpaired) electrons. The molecule has 1 heterocycles. The van der Waals surface area contributed by atoms with Crippen LogP contribution in [0.4, 0.5) is 13.2 Å². The van der Waals surface area contributed by atoms with Crippen molar-refractivity contribution in [2.24, 2.45) is 5.73 Å². The molecular weight excluding hydrogens is 337 g/mol. The van der Waals surface area contributed by atoms with Gasteiger partial charge >= 0.3 is 6.18 Å². The first-order valence-corrected chi connectivity index (χ1v) is 5.90. The van der Waals surface area contributed by atoms with E-state index in [0.29, 0.717) is 0 Å². The molecule has 110 valence electrons. The van der Waals surface area contributed by atoms with Crippen molar-refractivity contribution in [1.82, 2.24) is 9.78 Å². The van der Waals surface area contributed by atoms with Crippen molar-refractivity contribution in [3.8, 4) is 5.69 Å². The van der Waals surface area contributed by atoms with Gasteiger partial charge in [0.15, 0.2) is 5.69 Å². The Balaban J connectivity index is 0.00000200. The minimum Gasteiger partial charge on any atom is -0.325 e. The third kappa shape index (κ3) is 3.20. The fraction of sp³-hybridized carbons (Fsp3) is 0.182. The van der Waals surface area contributed by atoms with Crippen LogP contribution < -0.4 is 5.73 Å². The summed E-state index contributed by atoms with van der Waals surface area (Å²) in [7, 11) is 0. The molecule has 0 spiro atoms. The number of rotatable bonds is 2. The van der Waals surface area contributed by atoms with Gasteiger partial charge in [0, 0.05) is 6.54 Å². The Morgan fingerprint density at radius 1 is 1.25 bits per heavy atom. The summed E-state index contributed by atoms with van der Waals surface area (Å²) < 4.78 is 39.0. The summed E-state index contributed by atoms with van der Waals surface area (Å²) in [6.07, 6.45) is -4.54. The second-order valence-corrected chi connectivity index (χ2v) is 4.49. The lowest BCUT2D eigenvalue weighted by atomic mass is 10.3. The van der Waals surface area contributed by atoms with Crippen molar-refractivity contribution in [3.63, 3.8) is 0 Å². The van der Waals surface area contributed by atoms with E-state index in [1.165, 1.54) is 12.1 Å². The Kier molecular flexibility index (Phi) is 5.32. The zero-order chi connectivity index (χ0) is 14.2. The van der Waals surface area contributed by atoms with Gasteiger partial charge in [-0.1, -0.05) is 29.3 Å². The molecule has 0 saturated heterocycles. The molecule has 3 nitrogen and oxygen atoms in total. The first kappa shape index (κ1) is 17.1. The third-order valence-corrected chi connectivity index (χ3v) is 3.25. The minimum absolute atomic E-state index is 0. The molecule has 9 heteroatoms. The lowest BCUT2D eigenvalue weighted by molar-refractivity contribution is -0.141. The van der Waals surface area contributed by atoms with E-state index in [2.05, 4.69) is 5.10 Å². The monoisotopic (exact) mass is 345 g/mol. The largest absolute Gasteiger partial charge is 0.435 e. The zero-order valence-electron chi connectivity index (χ0n) is 9.79. The van der Waals surface area contributed by atoms with E-state index in [9.17, 15) is 13.2 Å². The number of benzene rings is 1. The Labute approximate surface area is 128 Å². The number of alkyl halides is 3. The standard InChI is InChI=1S/C11H8Cl2F3N3.ClH/c12-7-2-1-3-8(10(7)13)19-6(5-17)4-9(18-19)11(14,15)16;/h1-4H,5,17H2;1H. The maximum absolute atomic E-state index is 12.6. The number of hydrogen-bond acceptors (Lipinski definition) is 2. The van der Waals surface area contributed by atoms with E-state index in [1.807, 2.05) is 0 Å². The number of aromatic nitrogens is 2. The van der Waals surface area contributed by atoms with Crippen molar-refractivity contribution >= 4 is 35.6 Å². The molecule has 1 aromatic heterocycles. The highest BCUT2D eigenvalue weighted by atomic mass is 35.5. The molecule has 0 atom stereocenters. The lowest BCUT2D eigenvalue weighted by Gasteiger charge is -2.08. The van der Waals surface area contributed by atoms with Gasteiger partial charge in [-0.15, -0.1) is 12.4 Å². The van der Waals surface area contributed by atoms with Crippen LogP contribution >= 0.6 is 35.6 Å². The number of hydrogen-bond donors (Lipinski definition) is 1. The summed E-state index contributed by atoms with van der Waals surface area (Å²) >= 11 is 11.8. The van der Waals surface area contributed by atoms with Crippen molar-refractivity contribution < 1.29 is 13.2 Å². The van der Waals surface area contributed by atoms with Crippen LogP contribution in [-0.4, -0.2) is 9.78 Å². The lowest BCUT2D eigenvalue weighted by Crippen LogP contribution is -2.09. The average Bonchev–Trinajstić information content (AvgIpc) is 2.76. The van der Waals surface area contributed by atoms with Crippen LogP contribution in [0.2, 0.25) is 10.0 Å². The minimum atomic E-state index is -4.54. The molecule has 0 aliphatic rings.